The van der Waals surface area contributed by atoms with Gasteiger partial charge in [0.15, 0.2) is 0 Å². The zero-order valence-corrected chi connectivity index (χ0v) is 14.3. The number of carboxylic acids is 1. The second kappa shape index (κ2) is 6.66. The lowest BCUT2D eigenvalue weighted by Crippen LogP contribution is -2.44. The number of nitrogens with zero attached hydrogens (tertiary/aromatic N) is 2. The molecular formula is C15H18N2O3S2. The van der Waals surface area contributed by atoms with Gasteiger partial charge in [0.05, 0.1) is 4.91 Å². The second-order valence-corrected chi connectivity index (χ2v) is 7.26. The van der Waals surface area contributed by atoms with Crippen LogP contribution in [-0.4, -0.2) is 36.8 Å². The molecule has 1 unspecified atom stereocenters. The number of thioether (sulfide) groups is 1. The van der Waals surface area contributed by atoms with Gasteiger partial charge in [0.2, 0.25) is 0 Å². The maximum Gasteiger partial charge on any atom is 0.326 e. The first-order chi connectivity index (χ1) is 10.3. The lowest BCUT2D eigenvalue weighted by molar-refractivity contribution is -0.145. The number of rotatable bonds is 5. The SMILES string of the molecule is CC(C)CC(C(=O)O)N1C(=O)/C(=C/c2cccn2C)SC1=S. The number of carboxylic acid groups (broad SMARTS) is 1. The molecule has 2 heterocycles. The summed E-state index contributed by atoms with van der Waals surface area (Å²) in [7, 11) is 1.88. The van der Waals surface area contributed by atoms with Crippen LogP contribution in [0.3, 0.4) is 0 Å². The molecule has 1 aromatic rings. The van der Waals surface area contributed by atoms with E-state index < -0.39 is 12.0 Å². The summed E-state index contributed by atoms with van der Waals surface area (Å²) in [6.45, 7) is 3.85. The van der Waals surface area contributed by atoms with Gasteiger partial charge < -0.3 is 9.67 Å². The van der Waals surface area contributed by atoms with E-state index in [4.69, 9.17) is 12.2 Å². The Morgan fingerprint density at radius 1 is 1.50 bits per heavy atom. The molecule has 1 aliphatic rings. The summed E-state index contributed by atoms with van der Waals surface area (Å²) in [4.78, 5) is 25.8. The fraction of sp³-hybridized carbons (Fsp3) is 0.400. The highest BCUT2D eigenvalue weighted by Gasteiger charge is 2.40. The van der Waals surface area contributed by atoms with E-state index >= 15 is 0 Å². The van der Waals surface area contributed by atoms with Crippen molar-refractivity contribution in [3.8, 4) is 0 Å². The Bertz CT molecular complexity index is 649. The van der Waals surface area contributed by atoms with Gasteiger partial charge in [0, 0.05) is 18.9 Å². The highest BCUT2D eigenvalue weighted by atomic mass is 32.2. The molecule has 1 N–H and O–H groups in total. The number of hydrogen-bond acceptors (Lipinski definition) is 4. The zero-order valence-electron chi connectivity index (χ0n) is 12.6. The average Bonchev–Trinajstić information content (AvgIpc) is 2.93. The van der Waals surface area contributed by atoms with Crippen molar-refractivity contribution >= 4 is 46.3 Å². The summed E-state index contributed by atoms with van der Waals surface area (Å²) in [6.07, 6.45) is 4.00. The standard InChI is InChI=1S/C15H18N2O3S2/c1-9(2)7-11(14(19)20)17-13(18)12(22-15(17)21)8-10-5-4-6-16(10)3/h4-6,8-9,11H,7H2,1-3H3,(H,19,20)/b12-8-. The topological polar surface area (TPSA) is 62.5 Å². The second-order valence-electron chi connectivity index (χ2n) is 5.58. The highest BCUT2D eigenvalue weighted by molar-refractivity contribution is 8.26. The molecule has 1 aliphatic heterocycles. The van der Waals surface area contributed by atoms with Crippen LogP contribution in [0.15, 0.2) is 23.2 Å². The van der Waals surface area contributed by atoms with Crippen molar-refractivity contribution in [2.75, 3.05) is 0 Å². The molecule has 0 aliphatic carbocycles. The van der Waals surface area contributed by atoms with Crippen molar-refractivity contribution in [2.45, 2.75) is 26.3 Å². The summed E-state index contributed by atoms with van der Waals surface area (Å²) in [5.41, 5.74) is 0.872. The van der Waals surface area contributed by atoms with Crippen LogP contribution in [0.5, 0.6) is 0 Å². The number of carbonyl (C=O) groups is 2. The molecule has 0 aromatic carbocycles. The average molecular weight is 338 g/mol. The van der Waals surface area contributed by atoms with Crippen LogP contribution in [0, 0.1) is 5.92 Å². The third-order valence-corrected chi connectivity index (χ3v) is 4.71. The van der Waals surface area contributed by atoms with Crippen LogP contribution in [-0.2, 0) is 16.6 Å². The highest BCUT2D eigenvalue weighted by Crippen LogP contribution is 2.35. The Hall–Kier alpha value is -1.60. The summed E-state index contributed by atoms with van der Waals surface area (Å²) < 4.78 is 2.19. The number of aromatic nitrogens is 1. The molecule has 1 atom stereocenters. The largest absolute Gasteiger partial charge is 0.480 e. The van der Waals surface area contributed by atoms with E-state index in [0.29, 0.717) is 15.6 Å². The molecule has 0 saturated carbocycles. The van der Waals surface area contributed by atoms with Crippen LogP contribution < -0.4 is 0 Å². The van der Waals surface area contributed by atoms with Crippen LogP contribution in [0.2, 0.25) is 0 Å². The van der Waals surface area contributed by atoms with Crippen LogP contribution in [0.1, 0.15) is 26.0 Å². The molecule has 0 spiro atoms. The number of carbonyl (C=O) groups excluding carboxylic acids is 1. The van der Waals surface area contributed by atoms with E-state index in [1.54, 1.807) is 6.08 Å². The van der Waals surface area contributed by atoms with E-state index in [1.807, 2.05) is 43.8 Å². The number of aryl methyl sites for hydroxylation is 1. The summed E-state index contributed by atoms with van der Waals surface area (Å²) in [5.74, 6) is -1.20. The van der Waals surface area contributed by atoms with Crippen molar-refractivity contribution in [3.63, 3.8) is 0 Å². The molecule has 0 bridgehead atoms. The van der Waals surface area contributed by atoms with E-state index in [9.17, 15) is 14.7 Å². The lowest BCUT2D eigenvalue weighted by atomic mass is 10.0. The molecule has 1 fully saturated rings. The lowest BCUT2D eigenvalue weighted by Gasteiger charge is -2.24. The van der Waals surface area contributed by atoms with Crippen molar-refractivity contribution in [1.82, 2.24) is 9.47 Å². The van der Waals surface area contributed by atoms with Crippen molar-refractivity contribution in [1.29, 1.82) is 0 Å². The Labute approximate surface area is 139 Å². The normalized spacial score (nSPS) is 18.5. The molecule has 118 valence electrons. The summed E-state index contributed by atoms with van der Waals surface area (Å²) in [6, 6.07) is 2.85. The third kappa shape index (κ3) is 3.41. The Balaban J connectivity index is 2.30. The molecule has 1 aromatic heterocycles. The van der Waals surface area contributed by atoms with Gasteiger partial charge >= 0.3 is 5.97 Å². The Morgan fingerprint density at radius 3 is 2.68 bits per heavy atom. The van der Waals surface area contributed by atoms with E-state index in [2.05, 4.69) is 0 Å². The Kier molecular flexibility index (Phi) is 5.08. The minimum absolute atomic E-state index is 0.155. The minimum Gasteiger partial charge on any atom is -0.480 e. The molecule has 7 heteroatoms. The monoisotopic (exact) mass is 338 g/mol. The first-order valence-corrected chi connectivity index (χ1v) is 8.15. The minimum atomic E-state index is -1.02. The Morgan fingerprint density at radius 2 is 2.18 bits per heavy atom. The zero-order chi connectivity index (χ0) is 16.4. The van der Waals surface area contributed by atoms with Crippen LogP contribution in [0.4, 0.5) is 0 Å². The van der Waals surface area contributed by atoms with Crippen LogP contribution in [0.25, 0.3) is 6.08 Å². The number of aliphatic carboxylic acids is 1. The van der Waals surface area contributed by atoms with Gasteiger partial charge in [-0.15, -0.1) is 0 Å². The van der Waals surface area contributed by atoms with Gasteiger partial charge in [-0.2, -0.15) is 0 Å². The number of hydrogen-bond donors (Lipinski definition) is 1. The van der Waals surface area contributed by atoms with Gasteiger partial charge in [-0.1, -0.05) is 37.8 Å². The van der Waals surface area contributed by atoms with Gasteiger partial charge in [-0.05, 0) is 30.5 Å². The predicted molar refractivity (Wildman–Crippen MR) is 91.3 cm³/mol. The fourth-order valence-electron chi connectivity index (χ4n) is 2.27. The van der Waals surface area contributed by atoms with Crippen LogP contribution >= 0.6 is 24.0 Å². The predicted octanol–water partition coefficient (Wildman–Crippen LogP) is 2.73. The molecular weight excluding hydrogens is 320 g/mol. The smallest absolute Gasteiger partial charge is 0.326 e. The maximum absolute atomic E-state index is 12.6. The first kappa shape index (κ1) is 16.8. The van der Waals surface area contributed by atoms with Crippen molar-refractivity contribution < 1.29 is 14.7 Å². The molecule has 1 amide bonds. The number of amides is 1. The number of thiocarbonyl (C=S) groups is 1. The molecule has 2 rings (SSSR count). The van der Waals surface area contributed by atoms with E-state index in [0.717, 1.165) is 17.5 Å². The third-order valence-electron chi connectivity index (χ3n) is 3.38. The van der Waals surface area contributed by atoms with E-state index in [-0.39, 0.29) is 11.8 Å². The van der Waals surface area contributed by atoms with Crippen molar-refractivity contribution in [2.24, 2.45) is 13.0 Å². The van der Waals surface area contributed by atoms with E-state index in [1.165, 1.54) is 4.90 Å². The van der Waals surface area contributed by atoms with Gasteiger partial charge in [-0.3, -0.25) is 9.69 Å². The van der Waals surface area contributed by atoms with Crippen molar-refractivity contribution in [3.05, 3.63) is 28.9 Å². The molecule has 22 heavy (non-hydrogen) atoms. The molecule has 5 nitrogen and oxygen atoms in total. The summed E-state index contributed by atoms with van der Waals surface area (Å²) >= 11 is 6.38. The van der Waals surface area contributed by atoms with Gasteiger partial charge in [-0.25, -0.2) is 4.79 Å². The maximum atomic E-state index is 12.6. The van der Waals surface area contributed by atoms with Gasteiger partial charge in [0.25, 0.3) is 5.91 Å². The molecule has 1 saturated heterocycles. The fourth-order valence-corrected chi connectivity index (χ4v) is 3.61. The quantitative estimate of drug-likeness (QED) is 0.661. The summed E-state index contributed by atoms with van der Waals surface area (Å²) in [5, 5.41) is 9.42. The van der Waals surface area contributed by atoms with Gasteiger partial charge in [0.1, 0.15) is 10.4 Å². The first-order valence-electron chi connectivity index (χ1n) is 6.92. The molecule has 0 radical (unpaired) electrons.